The van der Waals surface area contributed by atoms with Crippen LogP contribution < -0.4 is 10.6 Å². The van der Waals surface area contributed by atoms with E-state index in [-0.39, 0.29) is 24.1 Å². The summed E-state index contributed by atoms with van der Waals surface area (Å²) in [5.74, 6) is -1.11. The van der Waals surface area contributed by atoms with Crippen molar-refractivity contribution in [3.05, 3.63) is 58.3 Å². The third-order valence-corrected chi connectivity index (χ3v) is 6.56. The largest absolute Gasteiger partial charge is 0.478 e. The first-order valence-corrected chi connectivity index (χ1v) is 12.1. The smallest absolute Gasteiger partial charge is 0.331 e. The van der Waals surface area contributed by atoms with E-state index in [0.717, 1.165) is 18.4 Å². The van der Waals surface area contributed by atoms with Crippen molar-refractivity contribution >= 4 is 23.2 Å². The molecule has 172 valence electrons. The number of hydrogen-bond donors (Lipinski definition) is 3. The molecule has 0 spiro atoms. The quantitative estimate of drug-likeness (QED) is 0.494. The number of aliphatic carboxylic acids is 1. The van der Waals surface area contributed by atoms with Gasteiger partial charge in [-0.1, -0.05) is 38.1 Å². The lowest BCUT2D eigenvalue weighted by molar-refractivity contribution is -0.133. The molecule has 1 aromatic heterocycles. The third kappa shape index (κ3) is 6.28. The maximum absolute atomic E-state index is 11.9. The summed E-state index contributed by atoms with van der Waals surface area (Å²) >= 11 is 1.67. The van der Waals surface area contributed by atoms with Gasteiger partial charge in [-0.2, -0.15) is 11.3 Å². The van der Waals surface area contributed by atoms with Crippen LogP contribution in [0.5, 0.6) is 0 Å². The van der Waals surface area contributed by atoms with E-state index in [2.05, 4.69) is 51.7 Å². The molecule has 0 bridgehead atoms. The molecule has 0 unspecified atom stereocenters. The van der Waals surface area contributed by atoms with Gasteiger partial charge in [0.25, 0.3) is 0 Å². The molecule has 0 saturated carbocycles. The lowest BCUT2D eigenvalue weighted by atomic mass is 9.87. The molecule has 6 nitrogen and oxygen atoms in total. The lowest BCUT2D eigenvalue weighted by Crippen LogP contribution is -2.58. The van der Waals surface area contributed by atoms with Crippen molar-refractivity contribution in [2.45, 2.75) is 70.9 Å². The second-order valence-corrected chi connectivity index (χ2v) is 8.94. The Hall–Kier alpha value is -2.48. The van der Waals surface area contributed by atoms with Crippen molar-refractivity contribution < 1.29 is 19.4 Å². The topological polar surface area (TPSA) is 87.7 Å². The fraction of sp³-hybridized carbons (Fsp3) is 0.440. The first kappa shape index (κ1) is 24.2. The highest BCUT2D eigenvalue weighted by Gasteiger charge is 2.37. The van der Waals surface area contributed by atoms with Crippen molar-refractivity contribution in [3.8, 4) is 11.1 Å². The third-order valence-electron chi connectivity index (χ3n) is 5.87. The van der Waals surface area contributed by atoms with E-state index in [9.17, 15) is 14.7 Å². The predicted octanol–water partition coefficient (Wildman–Crippen LogP) is 4.37. The van der Waals surface area contributed by atoms with Gasteiger partial charge < -0.3 is 20.5 Å². The number of ether oxygens (including phenoxy) is 1. The van der Waals surface area contributed by atoms with Crippen LogP contribution in [0.1, 0.15) is 45.6 Å². The van der Waals surface area contributed by atoms with Gasteiger partial charge in [-0.3, -0.25) is 4.79 Å². The highest BCUT2D eigenvalue weighted by molar-refractivity contribution is 7.08. The lowest BCUT2D eigenvalue weighted by Gasteiger charge is -2.38. The number of thiophene rings is 1. The monoisotopic (exact) mass is 456 g/mol. The molecule has 1 aromatic carbocycles. The van der Waals surface area contributed by atoms with Crippen LogP contribution in [0.25, 0.3) is 11.1 Å². The molecule has 1 heterocycles. The minimum Gasteiger partial charge on any atom is -0.478 e. The molecule has 3 rings (SSSR count). The molecular weight excluding hydrogens is 424 g/mol. The number of carboxylic acid groups (broad SMARTS) is 1. The van der Waals surface area contributed by atoms with E-state index >= 15 is 0 Å². The summed E-state index contributed by atoms with van der Waals surface area (Å²) < 4.78 is 6.23. The number of rotatable bonds is 10. The molecule has 1 amide bonds. The maximum Gasteiger partial charge on any atom is 0.331 e. The van der Waals surface area contributed by atoms with Gasteiger partial charge in [-0.05, 0) is 58.9 Å². The Morgan fingerprint density at radius 1 is 1.16 bits per heavy atom. The number of carbonyl (C=O) groups is 2. The number of hydrogen-bond acceptors (Lipinski definition) is 5. The van der Waals surface area contributed by atoms with Crippen molar-refractivity contribution in [1.82, 2.24) is 10.6 Å². The van der Waals surface area contributed by atoms with E-state index in [0.29, 0.717) is 18.5 Å². The summed E-state index contributed by atoms with van der Waals surface area (Å²) in [5.41, 5.74) is 3.77. The van der Waals surface area contributed by atoms with Gasteiger partial charge in [0.15, 0.2) is 0 Å². The summed E-state index contributed by atoms with van der Waals surface area (Å²) in [6.07, 6.45) is 3.13. The van der Waals surface area contributed by atoms with Crippen LogP contribution in [0.4, 0.5) is 0 Å². The van der Waals surface area contributed by atoms with Crippen LogP contribution in [0.3, 0.4) is 0 Å². The van der Waals surface area contributed by atoms with Crippen LogP contribution in [0.2, 0.25) is 0 Å². The first-order chi connectivity index (χ1) is 15.4. The molecule has 1 aliphatic rings. The molecule has 0 saturated heterocycles. The Balaban J connectivity index is 1.76. The summed E-state index contributed by atoms with van der Waals surface area (Å²) in [7, 11) is 0. The average Bonchev–Trinajstić information content (AvgIpc) is 3.32. The minimum atomic E-state index is -0.948. The van der Waals surface area contributed by atoms with Crippen LogP contribution in [-0.2, 0) is 20.9 Å². The van der Waals surface area contributed by atoms with Crippen LogP contribution in [-0.4, -0.2) is 41.3 Å². The molecule has 3 N–H and O–H groups in total. The molecule has 0 fully saturated rings. The molecule has 3 atom stereocenters. The second kappa shape index (κ2) is 11.4. The van der Waals surface area contributed by atoms with E-state index in [4.69, 9.17) is 4.74 Å². The SMILES string of the molecule is CCC(CC)O[C@@H]1C=C(C(=O)O)C[C@H](NCc2ccc(-c3ccsc3)cc2)[C@H]1NC(C)=O. The Labute approximate surface area is 193 Å². The molecular formula is C25H32N2O4S. The summed E-state index contributed by atoms with van der Waals surface area (Å²) in [6, 6.07) is 9.81. The number of carboxylic acids is 1. The average molecular weight is 457 g/mol. The molecule has 0 aliphatic heterocycles. The summed E-state index contributed by atoms with van der Waals surface area (Å²) in [4.78, 5) is 23.7. The molecule has 1 aliphatic carbocycles. The molecule has 7 heteroatoms. The van der Waals surface area contributed by atoms with Gasteiger partial charge in [0.1, 0.15) is 0 Å². The van der Waals surface area contributed by atoms with Crippen LogP contribution in [0, 0.1) is 0 Å². The van der Waals surface area contributed by atoms with Gasteiger partial charge in [-0.25, -0.2) is 4.79 Å². The highest BCUT2D eigenvalue weighted by atomic mass is 32.1. The van der Waals surface area contributed by atoms with E-state index in [1.54, 1.807) is 17.4 Å². The second-order valence-electron chi connectivity index (χ2n) is 8.16. The van der Waals surface area contributed by atoms with Crippen molar-refractivity contribution in [2.75, 3.05) is 0 Å². The number of nitrogens with one attached hydrogen (secondary N) is 2. The zero-order valence-corrected chi connectivity index (χ0v) is 19.7. The fourth-order valence-electron chi connectivity index (χ4n) is 4.06. The van der Waals surface area contributed by atoms with Gasteiger partial charge in [0.05, 0.1) is 18.2 Å². The molecule has 32 heavy (non-hydrogen) atoms. The van der Waals surface area contributed by atoms with E-state index < -0.39 is 12.1 Å². The van der Waals surface area contributed by atoms with Gasteiger partial charge in [0.2, 0.25) is 5.91 Å². The zero-order chi connectivity index (χ0) is 23.1. The Bertz CT molecular complexity index is 920. The van der Waals surface area contributed by atoms with Gasteiger partial charge >= 0.3 is 5.97 Å². The maximum atomic E-state index is 11.9. The predicted molar refractivity (Wildman–Crippen MR) is 128 cm³/mol. The van der Waals surface area contributed by atoms with Crippen molar-refractivity contribution in [3.63, 3.8) is 0 Å². The zero-order valence-electron chi connectivity index (χ0n) is 18.8. The Morgan fingerprint density at radius 3 is 2.44 bits per heavy atom. The molecule has 0 radical (unpaired) electrons. The fourth-order valence-corrected chi connectivity index (χ4v) is 4.72. The minimum absolute atomic E-state index is 0.00551. The standard InChI is InChI=1S/C25H32N2O4S/c1-4-21(5-2)31-23-13-20(25(29)30)12-22(24(23)27-16(3)28)26-14-17-6-8-18(9-7-17)19-10-11-32-15-19/h6-11,13,15,21-24,26H,4-5,12,14H2,1-3H3,(H,27,28)(H,29,30)/t22-,23+,24+/m0/s1. The first-order valence-electron chi connectivity index (χ1n) is 11.1. The normalized spacial score (nSPS) is 20.8. The van der Waals surface area contributed by atoms with Crippen LogP contribution >= 0.6 is 11.3 Å². The van der Waals surface area contributed by atoms with E-state index in [1.165, 1.54) is 18.1 Å². The van der Waals surface area contributed by atoms with Crippen LogP contribution in [0.15, 0.2) is 52.7 Å². The van der Waals surface area contributed by atoms with Crippen molar-refractivity contribution in [1.29, 1.82) is 0 Å². The Morgan fingerprint density at radius 2 is 1.88 bits per heavy atom. The number of carbonyl (C=O) groups excluding carboxylic acids is 1. The summed E-state index contributed by atoms with van der Waals surface area (Å²) in [5, 5.41) is 20.3. The Kier molecular flexibility index (Phi) is 8.61. The highest BCUT2D eigenvalue weighted by Crippen LogP contribution is 2.26. The van der Waals surface area contributed by atoms with Gasteiger partial charge in [0, 0.05) is 25.1 Å². The molecule has 2 aromatic rings. The number of amides is 1. The van der Waals surface area contributed by atoms with Crippen molar-refractivity contribution in [2.24, 2.45) is 0 Å². The van der Waals surface area contributed by atoms with Gasteiger partial charge in [-0.15, -0.1) is 0 Å². The summed E-state index contributed by atoms with van der Waals surface area (Å²) in [6.45, 7) is 6.13. The van der Waals surface area contributed by atoms with E-state index in [1.807, 2.05) is 13.8 Å². The number of benzene rings is 1.